The van der Waals surface area contributed by atoms with Gasteiger partial charge in [-0.05, 0) is 73.4 Å². The predicted molar refractivity (Wildman–Crippen MR) is 187 cm³/mol. The maximum Gasteiger partial charge on any atom is 0.490 e. The number of benzene rings is 4. The first-order valence-electron chi connectivity index (χ1n) is 16.2. The number of halogens is 6. The number of hydrogen-bond donors (Lipinski definition) is 2. The van der Waals surface area contributed by atoms with Crippen molar-refractivity contribution in [3.63, 3.8) is 0 Å². The van der Waals surface area contributed by atoms with E-state index in [4.69, 9.17) is 9.47 Å². The summed E-state index contributed by atoms with van der Waals surface area (Å²) >= 11 is 1.27. The fourth-order valence-corrected chi connectivity index (χ4v) is 7.68. The Kier molecular flexibility index (Phi) is 11.1. The summed E-state index contributed by atoms with van der Waals surface area (Å²) in [4.78, 5) is 16.2. The van der Waals surface area contributed by atoms with Crippen LogP contribution in [0.15, 0.2) is 113 Å². The Morgan fingerprint density at radius 1 is 0.868 bits per heavy atom. The second-order valence-electron chi connectivity index (χ2n) is 12.3. The maximum absolute atomic E-state index is 13.2. The van der Waals surface area contributed by atoms with Crippen LogP contribution >= 0.6 is 11.3 Å². The highest BCUT2D eigenvalue weighted by atomic mass is 32.2. The van der Waals surface area contributed by atoms with E-state index >= 15 is 0 Å². The lowest BCUT2D eigenvalue weighted by Gasteiger charge is -2.25. The molecule has 1 saturated heterocycles. The van der Waals surface area contributed by atoms with Crippen molar-refractivity contribution in [3.8, 4) is 27.6 Å². The van der Waals surface area contributed by atoms with E-state index in [-0.39, 0.29) is 17.5 Å². The lowest BCUT2D eigenvalue weighted by molar-refractivity contribution is -0.207. The number of esters is 1. The minimum Gasteiger partial charge on any atom is -0.490 e. The molecule has 278 valence electrons. The highest BCUT2D eigenvalue weighted by Gasteiger charge is 2.44. The van der Waals surface area contributed by atoms with E-state index in [1.807, 2.05) is 0 Å². The van der Waals surface area contributed by atoms with E-state index in [0.717, 1.165) is 17.7 Å². The number of thiazole rings is 1. The second kappa shape index (κ2) is 15.6. The molecule has 16 heteroatoms. The van der Waals surface area contributed by atoms with Crippen molar-refractivity contribution in [3.05, 3.63) is 120 Å². The molecule has 1 aromatic heterocycles. The molecule has 0 radical (unpaired) electrons. The number of ether oxygens (including phenoxy) is 2. The third-order valence-electron chi connectivity index (χ3n) is 8.48. The number of alkyl halides is 6. The van der Waals surface area contributed by atoms with Gasteiger partial charge < -0.3 is 14.8 Å². The molecule has 53 heavy (non-hydrogen) atoms. The average Bonchev–Trinajstić information content (AvgIpc) is 3.81. The topological polar surface area (TPSA) is 107 Å². The van der Waals surface area contributed by atoms with Gasteiger partial charge in [0, 0.05) is 34.3 Å². The number of hydrogen-bond acceptors (Lipinski definition) is 8. The van der Waals surface area contributed by atoms with Crippen LogP contribution in [0.5, 0.6) is 5.75 Å². The third kappa shape index (κ3) is 9.74. The number of rotatable bonds is 12. The van der Waals surface area contributed by atoms with Crippen molar-refractivity contribution in [2.45, 2.75) is 54.7 Å². The predicted octanol–water partition coefficient (Wildman–Crippen LogP) is 8.51. The van der Waals surface area contributed by atoms with Crippen molar-refractivity contribution in [1.29, 1.82) is 0 Å². The number of carbonyl (C=O) groups is 1. The molecule has 0 bridgehead atoms. The van der Waals surface area contributed by atoms with Gasteiger partial charge in [0.25, 0.3) is 10.0 Å². The smallest absolute Gasteiger partial charge is 0.490 e. The van der Waals surface area contributed by atoms with Gasteiger partial charge in [-0.15, -0.1) is 11.3 Å². The van der Waals surface area contributed by atoms with Gasteiger partial charge in [-0.1, -0.05) is 54.6 Å². The minimum atomic E-state index is -5.15. The molecule has 0 spiro atoms. The van der Waals surface area contributed by atoms with Crippen molar-refractivity contribution in [2.24, 2.45) is 0 Å². The molecule has 0 amide bonds. The normalized spacial score (nSPS) is 16.9. The number of nitrogens with zero attached hydrogens (tertiary/aromatic N) is 1. The molecular formula is C37H31F6N3O5S2. The fourth-order valence-electron chi connectivity index (χ4n) is 5.79. The molecule has 5 aromatic rings. The molecule has 1 fully saturated rings. The van der Waals surface area contributed by atoms with Crippen LogP contribution in [0, 0.1) is 0 Å². The van der Waals surface area contributed by atoms with Crippen molar-refractivity contribution >= 4 is 33.0 Å². The summed E-state index contributed by atoms with van der Waals surface area (Å²) in [5, 5.41) is 5.54. The van der Waals surface area contributed by atoms with Gasteiger partial charge in [0.2, 0.25) is 0 Å². The fraction of sp³-hybridized carbons (Fsp3) is 0.243. The van der Waals surface area contributed by atoms with Gasteiger partial charge in [-0.3, -0.25) is 4.72 Å². The molecule has 1 aliphatic heterocycles. The van der Waals surface area contributed by atoms with Crippen LogP contribution in [0.4, 0.5) is 32.0 Å². The molecule has 6 rings (SSSR count). The number of sulfonamides is 1. The van der Waals surface area contributed by atoms with Crippen LogP contribution in [0.25, 0.3) is 21.8 Å². The van der Waals surface area contributed by atoms with Crippen molar-refractivity contribution < 1.29 is 49.0 Å². The SMILES string of the molecule is O=C(O[C@H](COc1ccccc1)[C@H]1CC[C@@H](Cc2ccc(NS(=O)(=O)c3ccc(-c4nc(-c5ccc(C(F)(F)F)cc5)cs4)cc3)cc2)N1)C(F)(F)F. The largest absolute Gasteiger partial charge is 0.490 e. The summed E-state index contributed by atoms with van der Waals surface area (Å²) < 4.78 is 117. The minimum absolute atomic E-state index is 0.00284. The monoisotopic (exact) mass is 775 g/mol. The summed E-state index contributed by atoms with van der Waals surface area (Å²) in [5.74, 6) is -1.86. The lowest BCUT2D eigenvalue weighted by Crippen LogP contribution is -2.46. The summed E-state index contributed by atoms with van der Waals surface area (Å²) in [6.45, 7) is -0.272. The van der Waals surface area contributed by atoms with Crippen LogP contribution in [-0.4, -0.2) is 50.3 Å². The highest BCUT2D eigenvalue weighted by Crippen LogP contribution is 2.33. The summed E-state index contributed by atoms with van der Waals surface area (Å²) in [6.07, 6.45) is -9.25. The second-order valence-corrected chi connectivity index (χ2v) is 14.8. The third-order valence-corrected chi connectivity index (χ3v) is 10.8. The van der Waals surface area contributed by atoms with Crippen molar-refractivity contribution in [2.75, 3.05) is 11.3 Å². The van der Waals surface area contributed by atoms with Crippen LogP contribution in [-0.2, 0) is 32.2 Å². The molecule has 1 aliphatic rings. The molecule has 8 nitrogen and oxygen atoms in total. The molecule has 0 aliphatic carbocycles. The standard InChI is InChI=1S/C37H31F6N3O5S2/c38-36(39,40)26-12-8-24(9-13-26)32-22-52-34(45-32)25-10-17-30(18-11-25)53(48,49)46-27-14-6-23(7-15-27)20-28-16-19-31(44-28)33(51-35(47)37(41,42)43)21-50-29-4-2-1-3-5-29/h1-15,17-18,22,28,31,33,44,46H,16,19-21H2/t28-,31+,33+/m0/s1. The van der Waals surface area contributed by atoms with Gasteiger partial charge in [0.15, 0.2) is 6.10 Å². The van der Waals surface area contributed by atoms with E-state index < -0.39 is 46.1 Å². The molecular weight excluding hydrogens is 745 g/mol. The number of anilines is 1. The summed E-state index contributed by atoms with van der Waals surface area (Å²) in [6, 6.07) is 25.2. The molecule has 3 atom stereocenters. The summed E-state index contributed by atoms with van der Waals surface area (Å²) in [5.41, 5.74) is 2.05. The Balaban J connectivity index is 1.04. The zero-order chi connectivity index (χ0) is 37.8. The Morgan fingerprint density at radius 2 is 1.53 bits per heavy atom. The zero-order valence-corrected chi connectivity index (χ0v) is 29.2. The van der Waals surface area contributed by atoms with Gasteiger partial charge in [-0.25, -0.2) is 18.2 Å². The molecule has 4 aromatic carbocycles. The summed E-state index contributed by atoms with van der Waals surface area (Å²) in [7, 11) is -3.97. The molecule has 2 heterocycles. The Hall–Kier alpha value is -4.93. The van der Waals surface area contributed by atoms with E-state index in [1.165, 1.54) is 35.6 Å². The quantitative estimate of drug-likeness (QED) is 0.0967. The van der Waals surface area contributed by atoms with E-state index in [1.54, 1.807) is 72.1 Å². The van der Waals surface area contributed by atoms with Gasteiger partial charge in [0.1, 0.15) is 17.4 Å². The zero-order valence-electron chi connectivity index (χ0n) is 27.5. The van der Waals surface area contributed by atoms with Gasteiger partial charge in [-0.2, -0.15) is 26.3 Å². The Labute approximate surface area is 304 Å². The van der Waals surface area contributed by atoms with Crippen LogP contribution in [0.2, 0.25) is 0 Å². The first-order valence-corrected chi connectivity index (χ1v) is 18.6. The van der Waals surface area contributed by atoms with Gasteiger partial charge >= 0.3 is 18.3 Å². The first-order chi connectivity index (χ1) is 25.1. The number of aromatic nitrogens is 1. The number of nitrogens with one attached hydrogen (secondary N) is 2. The van der Waals surface area contributed by atoms with E-state index in [9.17, 15) is 39.6 Å². The molecule has 0 saturated carbocycles. The Bertz CT molecular complexity index is 2110. The maximum atomic E-state index is 13.2. The van der Waals surface area contributed by atoms with Crippen LogP contribution < -0.4 is 14.8 Å². The lowest BCUT2D eigenvalue weighted by atomic mass is 10.0. The average molecular weight is 776 g/mol. The van der Waals surface area contributed by atoms with Crippen LogP contribution in [0.3, 0.4) is 0 Å². The Morgan fingerprint density at radius 3 is 2.17 bits per heavy atom. The molecule has 2 N–H and O–H groups in total. The van der Waals surface area contributed by atoms with Gasteiger partial charge in [0.05, 0.1) is 16.2 Å². The number of para-hydroxylation sites is 1. The highest BCUT2D eigenvalue weighted by molar-refractivity contribution is 7.92. The number of carbonyl (C=O) groups excluding carboxylic acids is 1. The van der Waals surface area contributed by atoms with E-state index in [0.29, 0.717) is 52.5 Å². The van der Waals surface area contributed by atoms with Crippen molar-refractivity contribution in [1.82, 2.24) is 10.3 Å². The molecule has 0 unspecified atom stereocenters. The van der Waals surface area contributed by atoms with E-state index in [2.05, 4.69) is 15.0 Å². The van der Waals surface area contributed by atoms with Crippen LogP contribution in [0.1, 0.15) is 24.0 Å². The first kappa shape index (κ1) is 37.8.